The van der Waals surface area contributed by atoms with E-state index >= 15 is 0 Å². The van der Waals surface area contributed by atoms with Crippen LogP contribution in [0.3, 0.4) is 0 Å². The Morgan fingerprint density at radius 1 is 1.08 bits per heavy atom. The first-order valence-corrected chi connectivity index (χ1v) is 7.45. The number of benzene rings is 2. The third-order valence-electron chi connectivity index (χ3n) is 3.35. The summed E-state index contributed by atoms with van der Waals surface area (Å²) in [6.45, 7) is 0.0368. The number of carbonyl (C=O) groups is 2. The Hall–Kier alpha value is -3.02. The molecule has 0 bridgehead atoms. The van der Waals surface area contributed by atoms with Gasteiger partial charge in [0.1, 0.15) is 17.1 Å². The number of rotatable bonds is 7. The van der Waals surface area contributed by atoms with E-state index in [0.29, 0.717) is 13.0 Å². The minimum atomic E-state index is -0.738. The van der Waals surface area contributed by atoms with Crippen LogP contribution in [0.25, 0.3) is 0 Å². The molecule has 0 fully saturated rings. The van der Waals surface area contributed by atoms with Crippen molar-refractivity contribution in [2.75, 3.05) is 20.3 Å². The van der Waals surface area contributed by atoms with Gasteiger partial charge in [-0.1, -0.05) is 24.3 Å². The van der Waals surface area contributed by atoms with E-state index in [-0.39, 0.29) is 11.3 Å². The number of carbonyl (C=O) groups excluding carboxylic acids is 2. The predicted molar refractivity (Wildman–Crippen MR) is 88.1 cm³/mol. The molecule has 0 unspecified atom stereocenters. The molecular weight excluding hydrogens is 310 g/mol. The lowest BCUT2D eigenvalue weighted by molar-refractivity contribution is -0.124. The van der Waals surface area contributed by atoms with Gasteiger partial charge in [0, 0.05) is 6.54 Å². The lowest BCUT2D eigenvalue weighted by Gasteiger charge is -2.08. The van der Waals surface area contributed by atoms with Crippen LogP contribution in [0.15, 0.2) is 48.5 Å². The summed E-state index contributed by atoms with van der Waals surface area (Å²) >= 11 is 0. The highest BCUT2D eigenvalue weighted by Crippen LogP contribution is 2.16. The van der Waals surface area contributed by atoms with Crippen LogP contribution in [-0.4, -0.2) is 37.2 Å². The lowest BCUT2D eigenvalue weighted by atomic mass is 10.1. The lowest BCUT2D eigenvalue weighted by Crippen LogP contribution is -2.30. The highest BCUT2D eigenvalue weighted by molar-refractivity contribution is 5.93. The van der Waals surface area contributed by atoms with E-state index in [2.05, 4.69) is 5.32 Å². The van der Waals surface area contributed by atoms with Gasteiger partial charge >= 0.3 is 5.97 Å². The molecule has 2 N–H and O–H groups in total. The molecule has 0 saturated heterocycles. The number of nitrogens with one attached hydrogen (secondary N) is 1. The third-order valence-corrected chi connectivity index (χ3v) is 3.35. The van der Waals surface area contributed by atoms with Gasteiger partial charge in [-0.2, -0.15) is 0 Å². The van der Waals surface area contributed by atoms with Crippen molar-refractivity contribution in [2.45, 2.75) is 6.42 Å². The van der Waals surface area contributed by atoms with Gasteiger partial charge in [-0.25, -0.2) is 4.79 Å². The maximum atomic E-state index is 11.8. The summed E-state index contributed by atoms with van der Waals surface area (Å²) in [4.78, 5) is 23.4. The van der Waals surface area contributed by atoms with Crippen molar-refractivity contribution in [3.63, 3.8) is 0 Å². The molecule has 6 heteroatoms. The number of aromatic hydroxyl groups is 1. The van der Waals surface area contributed by atoms with E-state index in [1.165, 1.54) is 12.1 Å². The van der Waals surface area contributed by atoms with Crippen molar-refractivity contribution in [1.82, 2.24) is 5.32 Å². The van der Waals surface area contributed by atoms with Crippen LogP contribution >= 0.6 is 0 Å². The van der Waals surface area contributed by atoms with Crippen LogP contribution in [0.5, 0.6) is 11.5 Å². The zero-order valence-corrected chi connectivity index (χ0v) is 13.3. The molecular formula is C18H19NO5. The summed E-state index contributed by atoms with van der Waals surface area (Å²) in [7, 11) is 1.60. The first-order chi connectivity index (χ1) is 11.6. The topological polar surface area (TPSA) is 84.9 Å². The number of phenolic OH excluding ortho intramolecular Hbond substituents is 1. The number of phenols is 1. The molecule has 0 radical (unpaired) electrons. The normalized spacial score (nSPS) is 10.0. The van der Waals surface area contributed by atoms with Gasteiger partial charge in [-0.05, 0) is 36.2 Å². The van der Waals surface area contributed by atoms with Crippen molar-refractivity contribution in [3.8, 4) is 11.5 Å². The standard InChI is InChI=1S/C18H19NO5/c1-23-14-8-6-13(7-9-14)10-11-19-17(21)12-24-18(22)15-4-2-3-5-16(15)20/h2-9,20H,10-12H2,1H3,(H,19,21). The van der Waals surface area contributed by atoms with E-state index in [4.69, 9.17) is 9.47 Å². The summed E-state index contributed by atoms with van der Waals surface area (Å²) in [5, 5.41) is 12.2. The average Bonchev–Trinajstić information content (AvgIpc) is 2.60. The average molecular weight is 329 g/mol. The maximum Gasteiger partial charge on any atom is 0.342 e. The van der Waals surface area contributed by atoms with Crippen LogP contribution in [0, 0.1) is 0 Å². The minimum absolute atomic E-state index is 0.0310. The fraction of sp³-hybridized carbons (Fsp3) is 0.222. The summed E-state index contributed by atoms with van der Waals surface area (Å²) in [6, 6.07) is 13.6. The second-order valence-corrected chi connectivity index (χ2v) is 5.04. The monoisotopic (exact) mass is 329 g/mol. The van der Waals surface area contributed by atoms with E-state index in [0.717, 1.165) is 11.3 Å². The first kappa shape index (κ1) is 17.3. The number of hydrogen-bond acceptors (Lipinski definition) is 5. The molecule has 0 aliphatic carbocycles. The summed E-state index contributed by atoms with van der Waals surface area (Å²) < 4.78 is 9.95. The Labute approximate surface area is 140 Å². The van der Waals surface area contributed by atoms with Gasteiger partial charge in [0.2, 0.25) is 0 Å². The molecule has 0 aromatic heterocycles. The molecule has 2 rings (SSSR count). The van der Waals surface area contributed by atoms with Crippen LogP contribution in [0.4, 0.5) is 0 Å². The van der Waals surface area contributed by atoms with E-state index in [9.17, 15) is 14.7 Å². The number of para-hydroxylation sites is 1. The van der Waals surface area contributed by atoms with Crippen LogP contribution in [0.1, 0.15) is 15.9 Å². The van der Waals surface area contributed by atoms with Crippen molar-refractivity contribution >= 4 is 11.9 Å². The number of hydrogen-bond donors (Lipinski definition) is 2. The highest BCUT2D eigenvalue weighted by Gasteiger charge is 2.13. The predicted octanol–water partition coefficient (Wildman–Crippen LogP) is 1.92. The molecule has 2 aromatic carbocycles. The molecule has 1 amide bonds. The largest absolute Gasteiger partial charge is 0.507 e. The molecule has 126 valence electrons. The summed E-state index contributed by atoms with van der Waals surface area (Å²) in [5.41, 5.74) is 1.09. The van der Waals surface area contributed by atoms with E-state index < -0.39 is 18.5 Å². The van der Waals surface area contributed by atoms with Gasteiger partial charge in [0.25, 0.3) is 5.91 Å². The molecule has 2 aromatic rings. The Balaban J connectivity index is 1.71. The van der Waals surface area contributed by atoms with Gasteiger partial charge in [-0.15, -0.1) is 0 Å². The second kappa shape index (κ2) is 8.57. The molecule has 0 spiro atoms. The number of esters is 1. The number of ether oxygens (including phenoxy) is 2. The molecule has 0 aliphatic heterocycles. The van der Waals surface area contributed by atoms with Crippen molar-refractivity contribution in [1.29, 1.82) is 0 Å². The summed E-state index contributed by atoms with van der Waals surface area (Å²) in [5.74, 6) is -0.535. The van der Waals surface area contributed by atoms with Crippen LogP contribution < -0.4 is 10.1 Å². The van der Waals surface area contributed by atoms with Gasteiger partial charge in [-0.3, -0.25) is 4.79 Å². The Bertz CT molecular complexity index is 697. The van der Waals surface area contributed by atoms with Crippen molar-refractivity contribution < 1.29 is 24.2 Å². The molecule has 0 heterocycles. The number of methoxy groups -OCH3 is 1. The van der Waals surface area contributed by atoms with Gasteiger partial charge < -0.3 is 19.9 Å². The van der Waals surface area contributed by atoms with E-state index in [1.54, 1.807) is 19.2 Å². The smallest absolute Gasteiger partial charge is 0.342 e. The van der Waals surface area contributed by atoms with Crippen LogP contribution in [-0.2, 0) is 16.0 Å². The quantitative estimate of drug-likeness (QED) is 0.758. The van der Waals surface area contributed by atoms with Gasteiger partial charge in [0.05, 0.1) is 7.11 Å². The zero-order valence-electron chi connectivity index (χ0n) is 13.3. The Kier molecular flexibility index (Phi) is 6.19. The fourth-order valence-corrected chi connectivity index (χ4v) is 2.04. The zero-order chi connectivity index (χ0) is 17.4. The molecule has 6 nitrogen and oxygen atoms in total. The SMILES string of the molecule is COc1ccc(CCNC(=O)COC(=O)c2ccccc2O)cc1. The molecule has 0 atom stereocenters. The van der Waals surface area contributed by atoms with E-state index in [1.807, 2.05) is 24.3 Å². The fourth-order valence-electron chi connectivity index (χ4n) is 2.04. The number of amides is 1. The first-order valence-electron chi connectivity index (χ1n) is 7.45. The minimum Gasteiger partial charge on any atom is -0.507 e. The van der Waals surface area contributed by atoms with Crippen LogP contribution in [0.2, 0.25) is 0 Å². The van der Waals surface area contributed by atoms with Crippen molar-refractivity contribution in [2.24, 2.45) is 0 Å². The Morgan fingerprint density at radius 2 is 1.79 bits per heavy atom. The highest BCUT2D eigenvalue weighted by atomic mass is 16.5. The Morgan fingerprint density at radius 3 is 2.46 bits per heavy atom. The second-order valence-electron chi connectivity index (χ2n) is 5.04. The maximum absolute atomic E-state index is 11.8. The summed E-state index contributed by atoms with van der Waals surface area (Å²) in [6.07, 6.45) is 0.656. The van der Waals surface area contributed by atoms with Crippen molar-refractivity contribution in [3.05, 3.63) is 59.7 Å². The van der Waals surface area contributed by atoms with Gasteiger partial charge in [0.15, 0.2) is 6.61 Å². The molecule has 0 saturated carbocycles. The molecule has 24 heavy (non-hydrogen) atoms. The third kappa shape index (κ3) is 5.01. The molecule has 0 aliphatic rings.